The van der Waals surface area contributed by atoms with Gasteiger partial charge in [-0.05, 0) is 18.1 Å². The molecule has 0 saturated heterocycles. The molecule has 0 radical (unpaired) electrons. The zero-order chi connectivity index (χ0) is 16.0. The zero-order valence-electron chi connectivity index (χ0n) is 12.2. The van der Waals surface area contributed by atoms with Gasteiger partial charge >= 0.3 is 0 Å². The van der Waals surface area contributed by atoms with Crippen molar-refractivity contribution in [3.63, 3.8) is 0 Å². The third-order valence-corrected chi connectivity index (χ3v) is 2.78. The number of anilines is 2. The number of nitrogens with two attached hydrogens (primary N) is 2. The molecular formula is C14H21FN4O2. The molecule has 21 heavy (non-hydrogen) atoms. The van der Waals surface area contributed by atoms with Gasteiger partial charge in [-0.3, -0.25) is 9.59 Å². The SMILES string of the molecule is CC(C)CNC(=O)CCNc1cc(C(N)=O)c(N)cc1F. The van der Waals surface area contributed by atoms with Crippen molar-refractivity contribution in [1.82, 2.24) is 5.32 Å². The number of carbonyl (C=O) groups is 2. The number of primary amides is 1. The lowest BCUT2D eigenvalue weighted by Gasteiger charge is -2.11. The summed E-state index contributed by atoms with van der Waals surface area (Å²) in [5.41, 5.74) is 10.8. The van der Waals surface area contributed by atoms with Crippen LogP contribution in [0.1, 0.15) is 30.6 Å². The maximum Gasteiger partial charge on any atom is 0.250 e. The smallest absolute Gasteiger partial charge is 0.250 e. The number of halogens is 1. The highest BCUT2D eigenvalue weighted by molar-refractivity contribution is 5.99. The van der Waals surface area contributed by atoms with Crippen molar-refractivity contribution in [2.75, 3.05) is 24.1 Å². The Hall–Kier alpha value is -2.31. The lowest BCUT2D eigenvalue weighted by atomic mass is 10.1. The van der Waals surface area contributed by atoms with Crippen LogP contribution in [0.3, 0.4) is 0 Å². The van der Waals surface area contributed by atoms with E-state index >= 15 is 0 Å². The number of hydrogen-bond donors (Lipinski definition) is 4. The summed E-state index contributed by atoms with van der Waals surface area (Å²) in [5, 5.41) is 5.51. The third kappa shape index (κ3) is 5.29. The lowest BCUT2D eigenvalue weighted by molar-refractivity contribution is -0.120. The highest BCUT2D eigenvalue weighted by atomic mass is 19.1. The molecule has 0 heterocycles. The molecule has 6 N–H and O–H groups in total. The lowest BCUT2D eigenvalue weighted by Crippen LogP contribution is -2.28. The van der Waals surface area contributed by atoms with E-state index in [2.05, 4.69) is 10.6 Å². The molecule has 0 unspecified atom stereocenters. The third-order valence-electron chi connectivity index (χ3n) is 2.78. The summed E-state index contributed by atoms with van der Waals surface area (Å²) < 4.78 is 13.7. The van der Waals surface area contributed by atoms with Gasteiger partial charge in [-0.25, -0.2) is 4.39 Å². The molecule has 0 spiro atoms. The van der Waals surface area contributed by atoms with Crippen molar-refractivity contribution in [2.45, 2.75) is 20.3 Å². The van der Waals surface area contributed by atoms with Gasteiger partial charge in [0, 0.05) is 25.2 Å². The summed E-state index contributed by atoms with van der Waals surface area (Å²) in [4.78, 5) is 22.7. The standard InChI is InChI=1S/C14H21FN4O2/c1-8(2)7-19-13(20)3-4-18-12-5-9(14(17)21)11(16)6-10(12)15/h5-6,8,18H,3-4,7,16H2,1-2H3,(H2,17,21)(H,19,20). The molecule has 1 rings (SSSR count). The van der Waals surface area contributed by atoms with E-state index in [0.29, 0.717) is 12.5 Å². The molecule has 1 aromatic rings. The summed E-state index contributed by atoms with van der Waals surface area (Å²) in [6, 6.07) is 2.28. The molecule has 0 saturated carbocycles. The van der Waals surface area contributed by atoms with E-state index in [1.54, 1.807) is 0 Å². The molecule has 0 aromatic heterocycles. The van der Waals surface area contributed by atoms with E-state index in [4.69, 9.17) is 11.5 Å². The molecule has 7 heteroatoms. The van der Waals surface area contributed by atoms with Gasteiger partial charge in [0.2, 0.25) is 5.91 Å². The van der Waals surface area contributed by atoms with Gasteiger partial charge in [0.15, 0.2) is 0 Å². The first-order chi connectivity index (χ1) is 9.81. The van der Waals surface area contributed by atoms with Gasteiger partial charge in [-0.1, -0.05) is 13.8 Å². The van der Waals surface area contributed by atoms with E-state index < -0.39 is 11.7 Å². The van der Waals surface area contributed by atoms with Crippen LogP contribution in [-0.2, 0) is 4.79 Å². The Balaban J connectivity index is 2.58. The van der Waals surface area contributed by atoms with Gasteiger partial charge in [0.05, 0.1) is 11.3 Å². The van der Waals surface area contributed by atoms with Crippen molar-refractivity contribution in [1.29, 1.82) is 0 Å². The Morgan fingerprint density at radius 2 is 2.00 bits per heavy atom. The molecule has 116 valence electrons. The maximum absolute atomic E-state index is 13.7. The van der Waals surface area contributed by atoms with Crippen molar-refractivity contribution < 1.29 is 14.0 Å². The molecule has 0 atom stereocenters. The molecular weight excluding hydrogens is 275 g/mol. The van der Waals surface area contributed by atoms with Crippen LogP contribution in [-0.4, -0.2) is 24.9 Å². The second-order valence-corrected chi connectivity index (χ2v) is 5.16. The average Bonchev–Trinajstić information content (AvgIpc) is 2.38. The van der Waals surface area contributed by atoms with E-state index in [1.165, 1.54) is 6.07 Å². The van der Waals surface area contributed by atoms with Crippen molar-refractivity contribution in [3.05, 3.63) is 23.5 Å². The highest BCUT2D eigenvalue weighted by Gasteiger charge is 2.12. The van der Waals surface area contributed by atoms with Crippen LogP contribution in [0.15, 0.2) is 12.1 Å². The Bertz CT molecular complexity index is 532. The number of hydrogen-bond acceptors (Lipinski definition) is 4. The van der Waals surface area contributed by atoms with Gasteiger partial charge in [0.1, 0.15) is 5.82 Å². The molecule has 2 amide bonds. The number of carbonyl (C=O) groups excluding carboxylic acids is 2. The molecule has 0 fully saturated rings. The fourth-order valence-corrected chi connectivity index (χ4v) is 1.65. The summed E-state index contributed by atoms with van der Waals surface area (Å²) in [7, 11) is 0. The van der Waals surface area contributed by atoms with Crippen molar-refractivity contribution in [2.24, 2.45) is 11.7 Å². The predicted octanol–water partition coefficient (Wildman–Crippen LogP) is 1.08. The fraction of sp³-hybridized carbons (Fsp3) is 0.429. The maximum atomic E-state index is 13.7. The van der Waals surface area contributed by atoms with E-state index in [9.17, 15) is 14.0 Å². The van der Waals surface area contributed by atoms with Gasteiger partial charge in [-0.2, -0.15) is 0 Å². The average molecular weight is 296 g/mol. The van der Waals surface area contributed by atoms with Gasteiger partial charge < -0.3 is 22.1 Å². The van der Waals surface area contributed by atoms with E-state index in [-0.39, 0.29) is 35.8 Å². The van der Waals surface area contributed by atoms with Gasteiger partial charge in [0.25, 0.3) is 5.91 Å². The number of rotatable bonds is 7. The Labute approximate surface area is 123 Å². The first-order valence-corrected chi connectivity index (χ1v) is 6.70. The minimum absolute atomic E-state index is 0.0137. The van der Waals surface area contributed by atoms with Crippen LogP contribution in [0.2, 0.25) is 0 Å². The summed E-state index contributed by atoms with van der Waals surface area (Å²) in [6.45, 7) is 4.82. The second-order valence-electron chi connectivity index (χ2n) is 5.16. The van der Waals surface area contributed by atoms with E-state index in [0.717, 1.165) is 6.07 Å². The number of nitrogens with one attached hydrogen (secondary N) is 2. The van der Waals surface area contributed by atoms with Crippen LogP contribution in [0.5, 0.6) is 0 Å². The largest absolute Gasteiger partial charge is 0.398 e. The summed E-state index contributed by atoms with van der Waals surface area (Å²) >= 11 is 0. The molecule has 0 aliphatic rings. The Kier molecular flexibility index (Phi) is 5.95. The van der Waals surface area contributed by atoms with Crippen LogP contribution < -0.4 is 22.1 Å². The highest BCUT2D eigenvalue weighted by Crippen LogP contribution is 2.21. The van der Waals surface area contributed by atoms with E-state index in [1.807, 2.05) is 13.8 Å². The van der Waals surface area contributed by atoms with Gasteiger partial charge in [-0.15, -0.1) is 0 Å². The van der Waals surface area contributed by atoms with Crippen LogP contribution >= 0.6 is 0 Å². The predicted molar refractivity (Wildman–Crippen MR) is 80.3 cm³/mol. The Morgan fingerprint density at radius 1 is 1.33 bits per heavy atom. The first kappa shape index (κ1) is 16.7. The minimum Gasteiger partial charge on any atom is -0.398 e. The molecule has 0 bridgehead atoms. The van der Waals surface area contributed by atoms with Crippen LogP contribution in [0.25, 0.3) is 0 Å². The number of amides is 2. The molecule has 1 aromatic carbocycles. The van der Waals surface area contributed by atoms with Crippen molar-refractivity contribution >= 4 is 23.2 Å². The number of benzene rings is 1. The van der Waals surface area contributed by atoms with Crippen LogP contribution in [0.4, 0.5) is 15.8 Å². The first-order valence-electron chi connectivity index (χ1n) is 6.70. The second kappa shape index (κ2) is 7.47. The quantitative estimate of drug-likeness (QED) is 0.564. The molecule has 0 aliphatic carbocycles. The normalized spacial score (nSPS) is 10.5. The minimum atomic E-state index is -0.731. The monoisotopic (exact) mass is 296 g/mol. The summed E-state index contributed by atoms with van der Waals surface area (Å²) in [5.74, 6) is -1.08. The zero-order valence-corrected chi connectivity index (χ0v) is 12.2. The molecule has 6 nitrogen and oxygen atoms in total. The van der Waals surface area contributed by atoms with Crippen LogP contribution in [0, 0.1) is 11.7 Å². The summed E-state index contributed by atoms with van der Waals surface area (Å²) in [6.07, 6.45) is 0.197. The molecule has 0 aliphatic heterocycles. The fourth-order valence-electron chi connectivity index (χ4n) is 1.65. The topological polar surface area (TPSA) is 110 Å². The van der Waals surface area contributed by atoms with Crippen molar-refractivity contribution in [3.8, 4) is 0 Å². The number of nitrogen functional groups attached to an aromatic ring is 1. The Morgan fingerprint density at radius 3 is 2.57 bits per heavy atom.